The molecule has 3 heteroatoms. The zero-order valence-corrected chi connectivity index (χ0v) is 9.72. The third-order valence-corrected chi connectivity index (χ3v) is 3.12. The van der Waals surface area contributed by atoms with Gasteiger partial charge in [-0.2, -0.15) is 0 Å². The van der Waals surface area contributed by atoms with Gasteiger partial charge in [-0.1, -0.05) is 24.3 Å². The lowest BCUT2D eigenvalue weighted by molar-refractivity contribution is 0.0522. The standard InChI is InChI=1S/C13H19NO2/c1-11-4-2-3-5-12(11)6-7-14-8-13(9-15)16-10-14/h2-5,13,15H,6-10H2,1H3. The normalized spacial score (nSPS) is 21.5. The summed E-state index contributed by atoms with van der Waals surface area (Å²) in [4.78, 5) is 2.24. The number of aliphatic hydroxyl groups is 1. The summed E-state index contributed by atoms with van der Waals surface area (Å²) in [5.41, 5.74) is 2.75. The Balaban J connectivity index is 1.82. The highest BCUT2D eigenvalue weighted by Gasteiger charge is 2.21. The lowest BCUT2D eigenvalue weighted by Gasteiger charge is -2.14. The first-order valence-electron chi connectivity index (χ1n) is 5.79. The molecule has 2 rings (SSSR count). The van der Waals surface area contributed by atoms with E-state index in [-0.39, 0.29) is 12.7 Å². The van der Waals surface area contributed by atoms with E-state index >= 15 is 0 Å². The average Bonchev–Trinajstić information content (AvgIpc) is 2.76. The fraction of sp³-hybridized carbons (Fsp3) is 0.538. The van der Waals surface area contributed by atoms with Crippen LogP contribution in [-0.2, 0) is 11.2 Å². The van der Waals surface area contributed by atoms with Crippen LogP contribution in [0.25, 0.3) is 0 Å². The van der Waals surface area contributed by atoms with Crippen LogP contribution in [0.3, 0.4) is 0 Å². The Morgan fingerprint density at radius 1 is 1.44 bits per heavy atom. The SMILES string of the molecule is Cc1ccccc1CCN1COC(CO)C1. The zero-order valence-electron chi connectivity index (χ0n) is 9.72. The first-order valence-corrected chi connectivity index (χ1v) is 5.79. The highest BCUT2D eigenvalue weighted by atomic mass is 16.5. The molecule has 0 aromatic heterocycles. The van der Waals surface area contributed by atoms with Gasteiger partial charge in [0.25, 0.3) is 0 Å². The highest BCUT2D eigenvalue weighted by Crippen LogP contribution is 2.11. The topological polar surface area (TPSA) is 32.7 Å². The molecule has 16 heavy (non-hydrogen) atoms. The maximum absolute atomic E-state index is 8.96. The molecule has 1 aromatic rings. The van der Waals surface area contributed by atoms with E-state index in [1.807, 2.05) is 0 Å². The third-order valence-electron chi connectivity index (χ3n) is 3.12. The van der Waals surface area contributed by atoms with E-state index in [1.54, 1.807) is 0 Å². The summed E-state index contributed by atoms with van der Waals surface area (Å²) in [7, 11) is 0. The van der Waals surface area contributed by atoms with E-state index in [1.165, 1.54) is 11.1 Å². The van der Waals surface area contributed by atoms with Crippen molar-refractivity contribution in [3.8, 4) is 0 Å². The molecule has 88 valence electrons. The van der Waals surface area contributed by atoms with Gasteiger partial charge in [0.15, 0.2) is 0 Å². The van der Waals surface area contributed by atoms with Crippen molar-refractivity contribution in [1.82, 2.24) is 4.90 Å². The van der Waals surface area contributed by atoms with Gasteiger partial charge in [0, 0.05) is 13.1 Å². The molecule has 1 N–H and O–H groups in total. The summed E-state index contributed by atoms with van der Waals surface area (Å²) >= 11 is 0. The minimum absolute atomic E-state index is 0.0110. The van der Waals surface area contributed by atoms with Gasteiger partial charge in [-0.3, -0.25) is 4.90 Å². The molecular weight excluding hydrogens is 202 g/mol. The van der Waals surface area contributed by atoms with Crippen molar-refractivity contribution in [1.29, 1.82) is 0 Å². The van der Waals surface area contributed by atoms with Crippen LogP contribution in [0, 0.1) is 6.92 Å². The van der Waals surface area contributed by atoms with E-state index in [2.05, 4.69) is 36.1 Å². The summed E-state index contributed by atoms with van der Waals surface area (Å²) in [6.45, 7) is 4.77. The Kier molecular flexibility index (Phi) is 3.93. The number of ether oxygens (including phenoxy) is 1. The summed E-state index contributed by atoms with van der Waals surface area (Å²) < 4.78 is 5.41. The van der Waals surface area contributed by atoms with Gasteiger partial charge in [-0.15, -0.1) is 0 Å². The van der Waals surface area contributed by atoms with Gasteiger partial charge in [0.2, 0.25) is 0 Å². The Hall–Kier alpha value is -0.900. The smallest absolute Gasteiger partial charge is 0.0996 e. The van der Waals surface area contributed by atoms with Crippen LogP contribution >= 0.6 is 0 Å². The van der Waals surface area contributed by atoms with Crippen molar-refractivity contribution in [2.45, 2.75) is 19.4 Å². The molecule has 1 aromatic carbocycles. The summed E-state index contributed by atoms with van der Waals surface area (Å²) in [5, 5.41) is 8.96. The molecule has 0 saturated carbocycles. The van der Waals surface area contributed by atoms with Gasteiger partial charge < -0.3 is 9.84 Å². The molecule has 1 saturated heterocycles. The van der Waals surface area contributed by atoms with Crippen LogP contribution in [0.15, 0.2) is 24.3 Å². The van der Waals surface area contributed by atoms with Crippen LogP contribution in [0.4, 0.5) is 0 Å². The number of hydrogen-bond donors (Lipinski definition) is 1. The van der Waals surface area contributed by atoms with E-state index in [4.69, 9.17) is 9.84 Å². The molecular formula is C13H19NO2. The van der Waals surface area contributed by atoms with E-state index < -0.39 is 0 Å². The first-order chi connectivity index (χ1) is 7.79. The molecule has 0 spiro atoms. The molecule has 1 heterocycles. The van der Waals surface area contributed by atoms with Gasteiger partial charge in [0.1, 0.15) is 0 Å². The van der Waals surface area contributed by atoms with Crippen molar-refractivity contribution < 1.29 is 9.84 Å². The largest absolute Gasteiger partial charge is 0.394 e. The van der Waals surface area contributed by atoms with Gasteiger partial charge in [-0.25, -0.2) is 0 Å². The Morgan fingerprint density at radius 3 is 2.94 bits per heavy atom. The molecule has 1 fully saturated rings. The monoisotopic (exact) mass is 221 g/mol. The second-order valence-corrected chi connectivity index (χ2v) is 4.35. The molecule has 0 bridgehead atoms. The maximum Gasteiger partial charge on any atom is 0.0996 e. The number of nitrogens with zero attached hydrogens (tertiary/aromatic N) is 1. The van der Waals surface area contributed by atoms with Crippen molar-refractivity contribution in [3.05, 3.63) is 35.4 Å². The predicted octanol–water partition coefficient (Wildman–Crippen LogP) is 1.19. The zero-order chi connectivity index (χ0) is 11.4. The summed E-state index contributed by atoms with van der Waals surface area (Å²) in [6, 6.07) is 8.47. The average molecular weight is 221 g/mol. The third kappa shape index (κ3) is 2.82. The van der Waals surface area contributed by atoms with Crippen LogP contribution in [0.1, 0.15) is 11.1 Å². The Labute approximate surface area is 96.6 Å². The number of rotatable bonds is 4. The van der Waals surface area contributed by atoms with E-state index in [0.717, 1.165) is 19.5 Å². The molecule has 1 unspecified atom stereocenters. The molecule has 3 nitrogen and oxygen atoms in total. The first kappa shape index (κ1) is 11.6. The molecule has 0 amide bonds. The van der Waals surface area contributed by atoms with Gasteiger partial charge >= 0.3 is 0 Å². The molecule has 1 aliphatic heterocycles. The molecule has 0 aliphatic carbocycles. The molecule has 0 radical (unpaired) electrons. The van der Waals surface area contributed by atoms with Crippen molar-refractivity contribution >= 4 is 0 Å². The fourth-order valence-electron chi connectivity index (χ4n) is 2.04. The Morgan fingerprint density at radius 2 is 2.25 bits per heavy atom. The number of hydrogen-bond acceptors (Lipinski definition) is 3. The summed E-state index contributed by atoms with van der Waals surface area (Å²) in [6.07, 6.45) is 1.06. The Bertz CT molecular complexity index is 340. The quantitative estimate of drug-likeness (QED) is 0.829. The van der Waals surface area contributed by atoms with Crippen LogP contribution in [-0.4, -0.2) is 42.5 Å². The second-order valence-electron chi connectivity index (χ2n) is 4.35. The predicted molar refractivity (Wildman–Crippen MR) is 63.3 cm³/mol. The minimum Gasteiger partial charge on any atom is -0.394 e. The molecule has 1 atom stereocenters. The van der Waals surface area contributed by atoms with Crippen LogP contribution in [0.5, 0.6) is 0 Å². The number of benzene rings is 1. The second kappa shape index (κ2) is 5.43. The van der Waals surface area contributed by atoms with E-state index in [9.17, 15) is 0 Å². The lowest BCUT2D eigenvalue weighted by Crippen LogP contribution is -2.25. The van der Waals surface area contributed by atoms with Gasteiger partial charge in [-0.05, 0) is 24.5 Å². The van der Waals surface area contributed by atoms with E-state index in [0.29, 0.717) is 6.73 Å². The lowest BCUT2D eigenvalue weighted by atomic mass is 10.1. The molecule has 1 aliphatic rings. The van der Waals surface area contributed by atoms with Gasteiger partial charge in [0.05, 0.1) is 19.4 Å². The number of aryl methyl sites for hydroxylation is 1. The maximum atomic E-state index is 8.96. The van der Waals surface area contributed by atoms with Crippen molar-refractivity contribution in [2.24, 2.45) is 0 Å². The van der Waals surface area contributed by atoms with Crippen LogP contribution < -0.4 is 0 Å². The van der Waals surface area contributed by atoms with Crippen molar-refractivity contribution in [2.75, 3.05) is 26.4 Å². The van der Waals surface area contributed by atoms with Crippen molar-refractivity contribution in [3.63, 3.8) is 0 Å². The number of aliphatic hydroxyl groups excluding tert-OH is 1. The highest BCUT2D eigenvalue weighted by molar-refractivity contribution is 5.25. The minimum atomic E-state index is 0.0110. The fourth-order valence-corrected chi connectivity index (χ4v) is 2.04. The summed E-state index contributed by atoms with van der Waals surface area (Å²) in [5.74, 6) is 0. The van der Waals surface area contributed by atoms with Crippen LogP contribution in [0.2, 0.25) is 0 Å².